The molecule has 0 unspecified atom stereocenters. The van der Waals surface area contributed by atoms with Crippen LogP contribution in [-0.2, 0) is 0 Å². The van der Waals surface area contributed by atoms with Crippen LogP contribution in [0.15, 0.2) is 30.3 Å². The first kappa shape index (κ1) is 22.3. The fraction of sp³-hybridized carbons (Fsp3) is 0.333. The van der Waals surface area contributed by atoms with Gasteiger partial charge >= 0.3 is 0 Å². The van der Waals surface area contributed by atoms with Gasteiger partial charge in [0.25, 0.3) is 5.91 Å². The molecule has 0 radical (unpaired) electrons. The van der Waals surface area contributed by atoms with Crippen molar-refractivity contribution in [1.82, 2.24) is 9.88 Å². The van der Waals surface area contributed by atoms with Crippen LogP contribution in [-0.4, -0.2) is 57.2 Å². The predicted molar refractivity (Wildman–Crippen MR) is 119 cm³/mol. The largest absolute Gasteiger partial charge is 0.495 e. The zero-order valence-corrected chi connectivity index (χ0v) is 18.8. The molecule has 2 aromatic carbocycles. The minimum atomic E-state index is -0.495. The topological polar surface area (TPSA) is 54.9 Å². The van der Waals surface area contributed by atoms with Gasteiger partial charge in [0.1, 0.15) is 27.5 Å². The Balaban J connectivity index is 2.06. The van der Waals surface area contributed by atoms with Gasteiger partial charge in [0, 0.05) is 6.54 Å². The van der Waals surface area contributed by atoms with E-state index in [1.807, 2.05) is 19.0 Å². The molecule has 1 amide bonds. The molecule has 3 rings (SSSR count). The number of ether oxygens (including phenoxy) is 2. The molecule has 3 aromatic rings. The van der Waals surface area contributed by atoms with Gasteiger partial charge in [0.05, 0.1) is 24.8 Å². The summed E-state index contributed by atoms with van der Waals surface area (Å²) in [5.74, 6) is 0.407. The highest BCUT2D eigenvalue weighted by Gasteiger charge is 2.25. The van der Waals surface area contributed by atoms with E-state index in [0.717, 1.165) is 23.7 Å². The molecule has 0 fully saturated rings. The SMILES string of the molecule is COc1ccc(OC)c2sc(N(CCCN(C)C)C(=O)c3ccc(F)cc3Cl)nc12. The van der Waals surface area contributed by atoms with Crippen molar-refractivity contribution in [3.63, 3.8) is 0 Å². The van der Waals surface area contributed by atoms with Gasteiger partial charge in [-0.25, -0.2) is 9.37 Å². The van der Waals surface area contributed by atoms with Gasteiger partial charge in [0.15, 0.2) is 5.13 Å². The zero-order valence-electron chi connectivity index (χ0n) is 17.2. The Kier molecular flexibility index (Phi) is 7.12. The molecule has 9 heteroatoms. The fourth-order valence-corrected chi connectivity index (χ4v) is 4.37. The van der Waals surface area contributed by atoms with Gasteiger partial charge in [-0.3, -0.25) is 9.69 Å². The lowest BCUT2D eigenvalue weighted by atomic mass is 10.2. The van der Waals surface area contributed by atoms with E-state index in [0.29, 0.717) is 28.7 Å². The molecule has 0 aliphatic carbocycles. The molecule has 0 N–H and O–H groups in total. The fourth-order valence-electron chi connectivity index (χ4n) is 3.03. The van der Waals surface area contributed by atoms with Crippen LogP contribution < -0.4 is 14.4 Å². The number of hydrogen-bond donors (Lipinski definition) is 0. The van der Waals surface area contributed by atoms with E-state index in [4.69, 9.17) is 21.1 Å². The average molecular weight is 452 g/mol. The first-order valence-electron chi connectivity index (χ1n) is 9.29. The van der Waals surface area contributed by atoms with E-state index >= 15 is 0 Å². The number of benzene rings is 2. The van der Waals surface area contributed by atoms with Crippen LogP contribution in [0.2, 0.25) is 5.02 Å². The smallest absolute Gasteiger partial charge is 0.261 e. The maximum absolute atomic E-state index is 13.5. The van der Waals surface area contributed by atoms with Crippen molar-refractivity contribution in [3.05, 3.63) is 46.7 Å². The van der Waals surface area contributed by atoms with Crippen molar-refractivity contribution in [3.8, 4) is 11.5 Å². The molecule has 0 spiro atoms. The van der Waals surface area contributed by atoms with Gasteiger partial charge in [-0.2, -0.15) is 0 Å². The van der Waals surface area contributed by atoms with Crippen LogP contribution in [0.25, 0.3) is 10.2 Å². The summed E-state index contributed by atoms with van der Waals surface area (Å²) in [6, 6.07) is 7.34. The molecule has 1 heterocycles. The number of carbonyl (C=O) groups excluding carboxylic acids is 1. The summed E-state index contributed by atoms with van der Waals surface area (Å²) in [6.07, 6.45) is 0.724. The van der Waals surface area contributed by atoms with Crippen LogP contribution in [0.4, 0.5) is 9.52 Å². The third kappa shape index (κ3) is 4.66. The minimum absolute atomic E-state index is 0.0638. The molecular weight excluding hydrogens is 429 g/mol. The Labute approximate surface area is 183 Å². The van der Waals surface area contributed by atoms with Crippen LogP contribution in [0.1, 0.15) is 16.8 Å². The number of halogens is 2. The minimum Gasteiger partial charge on any atom is -0.495 e. The third-order valence-corrected chi connectivity index (χ3v) is 5.93. The maximum Gasteiger partial charge on any atom is 0.261 e. The summed E-state index contributed by atoms with van der Waals surface area (Å²) in [6.45, 7) is 1.22. The molecule has 0 aliphatic rings. The number of methoxy groups -OCH3 is 2. The monoisotopic (exact) mass is 451 g/mol. The zero-order chi connectivity index (χ0) is 21.8. The Morgan fingerprint density at radius 1 is 1.13 bits per heavy atom. The van der Waals surface area contributed by atoms with Crippen molar-refractivity contribution in [2.75, 3.05) is 46.3 Å². The lowest BCUT2D eigenvalue weighted by Gasteiger charge is -2.21. The standard InChI is InChI=1S/C21H23ClFN3O3S/c1-25(2)10-5-11-26(20(27)14-7-6-13(23)12-15(14)22)21-24-18-16(28-3)8-9-17(29-4)19(18)30-21/h6-9,12H,5,10-11H2,1-4H3. The molecule has 160 valence electrons. The van der Waals surface area contributed by atoms with Crippen molar-refractivity contribution in [2.24, 2.45) is 0 Å². The van der Waals surface area contributed by atoms with Crippen LogP contribution in [0, 0.1) is 5.82 Å². The molecule has 0 atom stereocenters. The molecule has 0 saturated carbocycles. The number of hydrogen-bond acceptors (Lipinski definition) is 6. The Bertz CT molecular complexity index is 1020. The molecule has 30 heavy (non-hydrogen) atoms. The van der Waals surface area contributed by atoms with Crippen molar-refractivity contribution >= 4 is 44.2 Å². The molecule has 0 aliphatic heterocycles. The summed E-state index contributed by atoms with van der Waals surface area (Å²) in [4.78, 5) is 21.6. The maximum atomic E-state index is 13.5. The van der Waals surface area contributed by atoms with E-state index < -0.39 is 5.82 Å². The average Bonchev–Trinajstić information content (AvgIpc) is 3.14. The quantitative estimate of drug-likeness (QED) is 0.496. The molecular formula is C21H23ClFN3O3S. The third-order valence-electron chi connectivity index (χ3n) is 4.52. The van der Waals surface area contributed by atoms with E-state index in [1.165, 1.54) is 23.5 Å². The Morgan fingerprint density at radius 2 is 1.83 bits per heavy atom. The number of fused-ring (bicyclic) bond motifs is 1. The number of thiazole rings is 1. The van der Waals surface area contributed by atoms with Crippen LogP contribution in [0.5, 0.6) is 11.5 Å². The number of anilines is 1. The highest BCUT2D eigenvalue weighted by atomic mass is 35.5. The summed E-state index contributed by atoms with van der Waals surface area (Å²) in [7, 11) is 7.09. The second-order valence-corrected chi connectivity index (χ2v) is 8.27. The van der Waals surface area contributed by atoms with Gasteiger partial charge in [-0.15, -0.1) is 0 Å². The van der Waals surface area contributed by atoms with E-state index in [1.54, 1.807) is 31.3 Å². The summed E-state index contributed by atoms with van der Waals surface area (Å²) >= 11 is 7.50. The van der Waals surface area contributed by atoms with Crippen molar-refractivity contribution < 1.29 is 18.7 Å². The van der Waals surface area contributed by atoms with Gasteiger partial charge in [-0.05, 0) is 57.4 Å². The number of aromatic nitrogens is 1. The van der Waals surface area contributed by atoms with Crippen LogP contribution >= 0.6 is 22.9 Å². The van der Waals surface area contributed by atoms with Crippen molar-refractivity contribution in [2.45, 2.75) is 6.42 Å². The highest BCUT2D eigenvalue weighted by Crippen LogP contribution is 2.40. The summed E-state index contributed by atoms with van der Waals surface area (Å²) in [5, 5.41) is 0.561. The first-order valence-corrected chi connectivity index (χ1v) is 10.5. The van der Waals surface area contributed by atoms with Gasteiger partial charge < -0.3 is 14.4 Å². The molecule has 0 saturated heterocycles. The second kappa shape index (κ2) is 9.59. The predicted octanol–water partition coefficient (Wildman–Crippen LogP) is 4.70. The lowest BCUT2D eigenvalue weighted by molar-refractivity contribution is 0.0986. The number of carbonyl (C=O) groups is 1. The van der Waals surface area contributed by atoms with E-state index in [9.17, 15) is 9.18 Å². The van der Waals surface area contributed by atoms with E-state index in [2.05, 4.69) is 4.98 Å². The normalized spacial score (nSPS) is 11.2. The molecule has 0 bridgehead atoms. The van der Waals surface area contributed by atoms with Gasteiger partial charge in [-0.1, -0.05) is 22.9 Å². The molecule has 1 aromatic heterocycles. The first-order chi connectivity index (χ1) is 14.3. The van der Waals surface area contributed by atoms with Crippen LogP contribution in [0.3, 0.4) is 0 Å². The number of amides is 1. The summed E-state index contributed by atoms with van der Waals surface area (Å²) < 4.78 is 25.1. The second-order valence-electron chi connectivity index (χ2n) is 6.88. The lowest BCUT2D eigenvalue weighted by Crippen LogP contribution is -2.33. The van der Waals surface area contributed by atoms with Crippen molar-refractivity contribution in [1.29, 1.82) is 0 Å². The van der Waals surface area contributed by atoms with E-state index in [-0.39, 0.29) is 16.5 Å². The highest BCUT2D eigenvalue weighted by molar-refractivity contribution is 7.22. The molecule has 6 nitrogen and oxygen atoms in total. The Hall–Kier alpha value is -2.42. The van der Waals surface area contributed by atoms with Gasteiger partial charge in [0.2, 0.25) is 0 Å². The number of nitrogens with zero attached hydrogens (tertiary/aromatic N) is 3. The Morgan fingerprint density at radius 3 is 2.47 bits per heavy atom. The summed E-state index contributed by atoms with van der Waals surface area (Å²) in [5.41, 5.74) is 0.841. The number of rotatable bonds is 8.